The molecule has 0 bridgehead atoms. The topological polar surface area (TPSA) is 78.4 Å². The van der Waals surface area contributed by atoms with Gasteiger partial charge in [-0.25, -0.2) is 0 Å². The molecule has 1 atom stereocenters. The van der Waals surface area contributed by atoms with Crippen molar-refractivity contribution in [2.24, 2.45) is 0 Å². The Morgan fingerprint density at radius 2 is 2.11 bits per heavy atom. The highest BCUT2D eigenvalue weighted by Crippen LogP contribution is 2.19. The van der Waals surface area contributed by atoms with Crippen LogP contribution in [0.3, 0.4) is 0 Å². The molecule has 104 valence electrons. The van der Waals surface area contributed by atoms with Gasteiger partial charge in [0.25, 0.3) is 0 Å². The van der Waals surface area contributed by atoms with E-state index in [4.69, 9.17) is 5.11 Å². The van der Waals surface area contributed by atoms with E-state index in [2.05, 4.69) is 10.6 Å². The van der Waals surface area contributed by atoms with E-state index in [1.165, 1.54) is 11.8 Å². The maximum absolute atomic E-state index is 11.4. The standard InChI is InChI=1S/C12H22N2O3S/c1-3-13-12(2,11(16)17)6-7-18-8-10(15)14-9-4-5-9/h9,13H,3-8H2,1-2H3,(H,14,15)(H,16,17). The van der Waals surface area contributed by atoms with Gasteiger partial charge in [0.15, 0.2) is 0 Å². The summed E-state index contributed by atoms with van der Waals surface area (Å²) in [5.74, 6) is 0.294. The van der Waals surface area contributed by atoms with Crippen LogP contribution < -0.4 is 10.6 Å². The Balaban J connectivity index is 2.17. The van der Waals surface area contributed by atoms with E-state index in [1.54, 1.807) is 6.92 Å². The second kappa shape index (κ2) is 6.99. The van der Waals surface area contributed by atoms with Gasteiger partial charge in [0.05, 0.1) is 5.75 Å². The number of rotatable bonds is 9. The zero-order valence-electron chi connectivity index (χ0n) is 11.0. The molecule has 1 fully saturated rings. The number of thioether (sulfide) groups is 1. The molecule has 0 spiro atoms. The lowest BCUT2D eigenvalue weighted by atomic mass is 9.99. The number of hydrogen-bond donors (Lipinski definition) is 3. The Morgan fingerprint density at radius 3 is 2.61 bits per heavy atom. The van der Waals surface area contributed by atoms with Crippen LogP contribution in [0.5, 0.6) is 0 Å². The van der Waals surface area contributed by atoms with Gasteiger partial charge in [0.1, 0.15) is 5.54 Å². The lowest BCUT2D eigenvalue weighted by Crippen LogP contribution is -2.49. The van der Waals surface area contributed by atoms with Crippen LogP contribution in [-0.4, -0.2) is 46.6 Å². The molecule has 0 aromatic carbocycles. The third kappa shape index (κ3) is 5.27. The highest BCUT2D eigenvalue weighted by Gasteiger charge is 2.31. The predicted molar refractivity (Wildman–Crippen MR) is 72.8 cm³/mol. The molecule has 1 aliphatic carbocycles. The van der Waals surface area contributed by atoms with Crippen molar-refractivity contribution in [3.8, 4) is 0 Å². The molecule has 1 saturated carbocycles. The van der Waals surface area contributed by atoms with Gasteiger partial charge in [-0.1, -0.05) is 6.92 Å². The summed E-state index contributed by atoms with van der Waals surface area (Å²) in [6.45, 7) is 4.19. The third-order valence-electron chi connectivity index (χ3n) is 2.96. The third-order valence-corrected chi connectivity index (χ3v) is 3.92. The average molecular weight is 274 g/mol. The van der Waals surface area contributed by atoms with Gasteiger partial charge >= 0.3 is 5.97 Å². The molecule has 0 aromatic heterocycles. The summed E-state index contributed by atoms with van der Waals surface area (Å²) in [5, 5.41) is 15.0. The van der Waals surface area contributed by atoms with E-state index in [0.29, 0.717) is 30.5 Å². The van der Waals surface area contributed by atoms with Crippen LogP contribution in [0.25, 0.3) is 0 Å². The number of amides is 1. The van der Waals surface area contributed by atoms with E-state index in [0.717, 1.165) is 12.8 Å². The molecule has 1 rings (SSSR count). The molecule has 3 N–H and O–H groups in total. The summed E-state index contributed by atoms with van der Waals surface area (Å²) in [6, 6.07) is 0.393. The summed E-state index contributed by atoms with van der Waals surface area (Å²) >= 11 is 1.49. The molecule has 0 saturated heterocycles. The first-order chi connectivity index (χ1) is 8.48. The number of carbonyl (C=O) groups is 2. The summed E-state index contributed by atoms with van der Waals surface area (Å²) in [6.07, 6.45) is 2.69. The fourth-order valence-corrected chi connectivity index (χ4v) is 2.56. The van der Waals surface area contributed by atoms with Crippen molar-refractivity contribution in [2.75, 3.05) is 18.1 Å². The Kier molecular flexibility index (Phi) is 5.95. The number of aliphatic carboxylic acids is 1. The number of hydrogen-bond acceptors (Lipinski definition) is 4. The van der Waals surface area contributed by atoms with Gasteiger partial charge in [-0.3, -0.25) is 9.59 Å². The van der Waals surface area contributed by atoms with Crippen molar-refractivity contribution in [2.45, 2.75) is 44.7 Å². The quantitative estimate of drug-likeness (QED) is 0.543. The van der Waals surface area contributed by atoms with Crippen LogP contribution in [0, 0.1) is 0 Å². The summed E-state index contributed by atoms with van der Waals surface area (Å²) in [5.41, 5.74) is -0.894. The van der Waals surface area contributed by atoms with Crippen molar-refractivity contribution in [1.82, 2.24) is 10.6 Å². The van der Waals surface area contributed by atoms with Gasteiger partial charge in [-0.2, -0.15) is 11.8 Å². The van der Waals surface area contributed by atoms with Crippen LogP contribution in [-0.2, 0) is 9.59 Å². The summed E-state index contributed by atoms with van der Waals surface area (Å²) < 4.78 is 0. The second-order valence-corrected chi connectivity index (χ2v) is 5.92. The number of carboxylic acid groups (broad SMARTS) is 1. The molecule has 1 unspecified atom stereocenters. The molecule has 1 aliphatic rings. The van der Waals surface area contributed by atoms with Crippen LogP contribution in [0.4, 0.5) is 0 Å². The minimum Gasteiger partial charge on any atom is -0.480 e. The Morgan fingerprint density at radius 1 is 1.44 bits per heavy atom. The van der Waals surface area contributed by atoms with Gasteiger partial charge < -0.3 is 15.7 Å². The smallest absolute Gasteiger partial charge is 0.323 e. The first kappa shape index (κ1) is 15.3. The number of carbonyl (C=O) groups excluding carboxylic acids is 1. The lowest BCUT2D eigenvalue weighted by molar-refractivity contribution is -0.144. The zero-order valence-corrected chi connectivity index (χ0v) is 11.8. The summed E-state index contributed by atoms with van der Waals surface area (Å²) in [7, 11) is 0. The molecule has 0 aliphatic heterocycles. The predicted octanol–water partition coefficient (Wildman–Crippen LogP) is 0.841. The molecule has 0 aromatic rings. The molecule has 18 heavy (non-hydrogen) atoms. The van der Waals surface area contributed by atoms with Crippen molar-refractivity contribution >= 4 is 23.6 Å². The number of likely N-dealkylation sites (N-methyl/N-ethyl adjacent to an activating group) is 1. The summed E-state index contributed by atoms with van der Waals surface area (Å²) in [4.78, 5) is 22.6. The van der Waals surface area contributed by atoms with Crippen molar-refractivity contribution < 1.29 is 14.7 Å². The fraction of sp³-hybridized carbons (Fsp3) is 0.833. The minimum absolute atomic E-state index is 0.0583. The number of nitrogens with one attached hydrogen (secondary N) is 2. The fourth-order valence-electron chi connectivity index (χ4n) is 1.60. The molecule has 5 nitrogen and oxygen atoms in total. The Hall–Kier alpha value is -0.750. The first-order valence-corrected chi connectivity index (χ1v) is 7.49. The Labute approximate surface area is 112 Å². The van der Waals surface area contributed by atoms with Crippen LogP contribution >= 0.6 is 11.8 Å². The zero-order chi connectivity index (χ0) is 13.6. The van der Waals surface area contributed by atoms with Crippen molar-refractivity contribution in [3.63, 3.8) is 0 Å². The van der Waals surface area contributed by atoms with E-state index in [9.17, 15) is 9.59 Å². The van der Waals surface area contributed by atoms with Gasteiger partial charge in [-0.15, -0.1) is 0 Å². The van der Waals surface area contributed by atoms with Crippen LogP contribution in [0.2, 0.25) is 0 Å². The lowest BCUT2D eigenvalue weighted by Gasteiger charge is -2.25. The maximum Gasteiger partial charge on any atom is 0.323 e. The van der Waals surface area contributed by atoms with E-state index in [-0.39, 0.29) is 5.91 Å². The largest absolute Gasteiger partial charge is 0.480 e. The Bertz CT molecular complexity index is 308. The van der Waals surface area contributed by atoms with Crippen molar-refractivity contribution in [1.29, 1.82) is 0 Å². The molecular weight excluding hydrogens is 252 g/mol. The van der Waals surface area contributed by atoms with Crippen LogP contribution in [0.1, 0.15) is 33.1 Å². The van der Waals surface area contributed by atoms with Gasteiger partial charge in [0, 0.05) is 6.04 Å². The number of carboxylic acids is 1. The van der Waals surface area contributed by atoms with Crippen molar-refractivity contribution in [3.05, 3.63) is 0 Å². The normalized spacial score (nSPS) is 18.1. The SMILES string of the molecule is CCNC(C)(CCSCC(=O)NC1CC1)C(=O)O. The van der Waals surface area contributed by atoms with E-state index < -0.39 is 11.5 Å². The molecule has 0 heterocycles. The van der Waals surface area contributed by atoms with E-state index in [1.807, 2.05) is 6.92 Å². The van der Waals surface area contributed by atoms with E-state index >= 15 is 0 Å². The van der Waals surface area contributed by atoms with Gasteiger partial charge in [0.2, 0.25) is 5.91 Å². The monoisotopic (exact) mass is 274 g/mol. The molecule has 0 radical (unpaired) electrons. The molecule has 6 heteroatoms. The highest BCUT2D eigenvalue weighted by molar-refractivity contribution is 7.99. The molecule has 1 amide bonds. The minimum atomic E-state index is -0.894. The molecular formula is C12H22N2O3S. The van der Waals surface area contributed by atoms with Gasteiger partial charge in [-0.05, 0) is 38.5 Å². The van der Waals surface area contributed by atoms with Crippen LogP contribution in [0.15, 0.2) is 0 Å². The second-order valence-electron chi connectivity index (χ2n) is 4.81. The average Bonchev–Trinajstić information content (AvgIpc) is 3.08. The first-order valence-electron chi connectivity index (χ1n) is 6.33. The maximum atomic E-state index is 11.4. The highest BCUT2D eigenvalue weighted by atomic mass is 32.2.